The minimum Gasteiger partial charge on any atom is -0.383 e. The van der Waals surface area contributed by atoms with E-state index in [4.69, 9.17) is 5.73 Å². The van der Waals surface area contributed by atoms with E-state index in [-0.39, 0.29) is 17.9 Å². The van der Waals surface area contributed by atoms with Gasteiger partial charge in [-0.3, -0.25) is 14.4 Å². The zero-order valence-corrected chi connectivity index (χ0v) is 21.8. The number of nitrogens with zero attached hydrogens (tertiary/aromatic N) is 1. The molecule has 0 saturated carbocycles. The van der Waals surface area contributed by atoms with Crippen LogP contribution in [0.25, 0.3) is 10.2 Å². The van der Waals surface area contributed by atoms with Crippen LogP contribution in [0, 0.1) is 5.92 Å². The van der Waals surface area contributed by atoms with Crippen molar-refractivity contribution in [3.05, 3.63) is 53.6 Å². The van der Waals surface area contributed by atoms with Crippen molar-refractivity contribution < 1.29 is 53.9 Å². The number of carbonyl (C=O) groups excluding carboxylic acids is 3. The minimum atomic E-state index is -5.77. The molecule has 0 fully saturated rings. The Bertz CT molecular complexity index is 1360. The van der Waals surface area contributed by atoms with E-state index in [2.05, 4.69) is 15.6 Å². The van der Waals surface area contributed by atoms with Crippen LogP contribution in [0.1, 0.15) is 29.8 Å². The number of benzene rings is 2. The number of amides is 1. The number of thiazole rings is 1. The third kappa shape index (κ3) is 9.61. The fraction of sp³-hybridized carbons (Fsp3) is 0.333. The molecule has 0 saturated heterocycles. The van der Waals surface area contributed by atoms with Crippen LogP contribution < -0.4 is 16.4 Å². The number of nitrogen functional groups attached to an aromatic ring is 1. The average molecular weight is 617 g/mol. The molecule has 0 bridgehead atoms. The number of carbonyl (C=O) groups is 3. The van der Waals surface area contributed by atoms with Gasteiger partial charge < -0.3 is 16.4 Å². The number of halogens is 9. The number of hydrogen-bond acceptors (Lipinski definition) is 7. The zero-order valence-electron chi connectivity index (χ0n) is 21.0. The number of alkyl halides is 9. The molecule has 0 aliphatic rings. The molecule has 0 aliphatic heterocycles. The summed E-state index contributed by atoms with van der Waals surface area (Å²) in [6.07, 6.45) is -15.9. The molecule has 224 valence electrons. The Hall–Kier alpha value is -3.89. The van der Waals surface area contributed by atoms with E-state index in [1.807, 2.05) is 13.8 Å². The van der Waals surface area contributed by atoms with Gasteiger partial charge in [0.15, 0.2) is 5.13 Å². The molecule has 1 aromatic heterocycles. The number of Topliss-reactive ketones (excluding diaryl/α,β-unsaturated/α-hetero) is 2. The molecule has 3 aromatic rings. The van der Waals surface area contributed by atoms with E-state index in [1.54, 1.807) is 18.2 Å². The Labute approximate surface area is 229 Å². The molecular weight excluding hydrogens is 595 g/mol. The van der Waals surface area contributed by atoms with E-state index >= 15 is 0 Å². The lowest BCUT2D eigenvalue weighted by Gasteiger charge is -2.23. The monoisotopic (exact) mass is 616 g/mol. The highest BCUT2D eigenvalue weighted by atomic mass is 32.1. The van der Waals surface area contributed by atoms with Gasteiger partial charge in [0.05, 0.1) is 15.8 Å². The summed E-state index contributed by atoms with van der Waals surface area (Å²) in [6.45, 7) is 4.31. The molecule has 0 unspecified atom stereocenters. The van der Waals surface area contributed by atoms with E-state index < -0.39 is 35.7 Å². The molecule has 7 nitrogen and oxygen atoms in total. The first-order valence-electron chi connectivity index (χ1n) is 11.3. The number of hydrogen-bond donors (Lipinski definition) is 3. The molecule has 1 amide bonds. The van der Waals surface area contributed by atoms with Crippen LogP contribution in [0.4, 0.5) is 50.3 Å². The van der Waals surface area contributed by atoms with E-state index in [0.717, 1.165) is 22.3 Å². The van der Waals surface area contributed by atoms with Gasteiger partial charge in [-0.1, -0.05) is 25.2 Å². The average Bonchev–Trinajstić information content (AvgIpc) is 3.23. The van der Waals surface area contributed by atoms with Crippen molar-refractivity contribution in [2.75, 3.05) is 17.6 Å². The summed E-state index contributed by atoms with van der Waals surface area (Å²) in [5.74, 6) is -6.93. The summed E-state index contributed by atoms with van der Waals surface area (Å²) in [7, 11) is 0. The van der Waals surface area contributed by atoms with Crippen molar-refractivity contribution in [3.63, 3.8) is 0 Å². The van der Waals surface area contributed by atoms with Crippen molar-refractivity contribution in [3.8, 4) is 0 Å². The molecule has 0 spiro atoms. The largest absolute Gasteiger partial charge is 0.458 e. The minimum absolute atomic E-state index is 0.115. The number of nitrogens with one attached hydrogen (secondary N) is 2. The van der Waals surface area contributed by atoms with Crippen molar-refractivity contribution in [1.29, 1.82) is 0 Å². The van der Waals surface area contributed by atoms with Crippen LogP contribution in [0.15, 0.2) is 42.5 Å². The number of rotatable bonds is 7. The molecule has 2 aromatic carbocycles. The number of nitrogens with two attached hydrogens (primary N) is 1. The fourth-order valence-electron chi connectivity index (χ4n) is 3.05. The van der Waals surface area contributed by atoms with Crippen LogP contribution >= 0.6 is 11.3 Å². The standard InChI is InChI=1S/C20H21F3N4OS.C4F6O2/c1-11(2)16(10-25-14-6-4-13(5-7-14)20(21,22)23)26-18(28)12-3-8-15-17(9-12)29-19(24)27-15;5-3(6,7)1(11)2(12)4(8,9)10/h3-9,11,16,25H,10H2,1-2H3,(H2,24,27)(H,26,28);/t16-;/m1./s1. The van der Waals surface area contributed by atoms with Gasteiger partial charge in [0.25, 0.3) is 5.91 Å². The molecule has 0 radical (unpaired) electrons. The highest BCUT2D eigenvalue weighted by molar-refractivity contribution is 7.22. The number of aromatic nitrogens is 1. The second-order valence-electron chi connectivity index (χ2n) is 8.67. The first kappa shape index (κ1) is 33.3. The van der Waals surface area contributed by atoms with Crippen LogP contribution in [-0.4, -0.2) is 47.4 Å². The maximum atomic E-state index is 12.7. The van der Waals surface area contributed by atoms with Gasteiger partial charge in [-0.05, 0) is 48.4 Å². The Morgan fingerprint density at radius 2 is 1.41 bits per heavy atom. The predicted octanol–water partition coefficient (Wildman–Crippen LogP) is 6.01. The predicted molar refractivity (Wildman–Crippen MR) is 132 cm³/mol. The number of anilines is 2. The molecule has 1 atom stereocenters. The van der Waals surface area contributed by atoms with Crippen LogP contribution in [0.2, 0.25) is 0 Å². The normalized spacial score (nSPS) is 12.9. The fourth-order valence-corrected chi connectivity index (χ4v) is 3.82. The summed E-state index contributed by atoms with van der Waals surface area (Å²) in [4.78, 5) is 36.1. The molecule has 17 heteroatoms. The Balaban J connectivity index is 0.000000415. The van der Waals surface area contributed by atoms with Gasteiger partial charge in [0, 0.05) is 23.8 Å². The Kier molecular flexibility index (Phi) is 10.4. The summed E-state index contributed by atoms with van der Waals surface area (Å²) >= 11 is 1.31. The van der Waals surface area contributed by atoms with Gasteiger partial charge in [-0.15, -0.1) is 0 Å². The molecule has 0 aliphatic carbocycles. The SMILES string of the molecule is CC(C)[C@@H](CNc1ccc(C(F)(F)F)cc1)NC(=O)c1ccc2nc(N)sc2c1.O=C(C(=O)C(F)(F)F)C(F)(F)F. The maximum Gasteiger partial charge on any atom is 0.458 e. The van der Waals surface area contributed by atoms with Gasteiger partial charge >= 0.3 is 30.1 Å². The van der Waals surface area contributed by atoms with Gasteiger partial charge in [-0.2, -0.15) is 39.5 Å². The van der Waals surface area contributed by atoms with Crippen LogP contribution in [-0.2, 0) is 15.8 Å². The summed E-state index contributed by atoms with van der Waals surface area (Å²) in [5, 5.41) is 6.51. The van der Waals surface area contributed by atoms with Crippen molar-refractivity contribution in [2.24, 2.45) is 5.92 Å². The van der Waals surface area contributed by atoms with Crippen molar-refractivity contribution in [2.45, 2.75) is 38.4 Å². The first-order chi connectivity index (χ1) is 18.7. The lowest BCUT2D eigenvalue weighted by atomic mass is 10.0. The second kappa shape index (κ2) is 12.7. The lowest BCUT2D eigenvalue weighted by Crippen LogP contribution is -2.43. The van der Waals surface area contributed by atoms with Crippen LogP contribution in [0.3, 0.4) is 0 Å². The maximum absolute atomic E-state index is 12.7. The van der Waals surface area contributed by atoms with Gasteiger partial charge in [0.2, 0.25) is 0 Å². The molecular formula is C24H21F9N4O3S. The smallest absolute Gasteiger partial charge is 0.383 e. The molecule has 3 rings (SSSR count). The van der Waals surface area contributed by atoms with Gasteiger partial charge in [-0.25, -0.2) is 4.98 Å². The first-order valence-corrected chi connectivity index (χ1v) is 12.1. The summed E-state index contributed by atoms with van der Waals surface area (Å²) in [5.41, 5.74) is 6.80. The molecule has 41 heavy (non-hydrogen) atoms. The highest BCUT2D eigenvalue weighted by Crippen LogP contribution is 2.30. The van der Waals surface area contributed by atoms with Crippen molar-refractivity contribution >= 4 is 49.8 Å². The zero-order chi connectivity index (χ0) is 31.3. The third-order valence-corrected chi connectivity index (χ3v) is 6.10. The Morgan fingerprint density at radius 3 is 1.88 bits per heavy atom. The van der Waals surface area contributed by atoms with Crippen LogP contribution in [0.5, 0.6) is 0 Å². The second-order valence-corrected chi connectivity index (χ2v) is 9.73. The van der Waals surface area contributed by atoms with Crippen molar-refractivity contribution in [1.82, 2.24) is 10.3 Å². The van der Waals surface area contributed by atoms with E-state index in [0.29, 0.717) is 22.9 Å². The molecule has 1 heterocycles. The Morgan fingerprint density at radius 1 is 0.878 bits per heavy atom. The van der Waals surface area contributed by atoms with E-state index in [1.165, 1.54) is 23.5 Å². The topological polar surface area (TPSA) is 114 Å². The number of fused-ring (bicyclic) bond motifs is 1. The summed E-state index contributed by atoms with van der Waals surface area (Å²) in [6, 6.07) is 9.79. The molecule has 4 N–H and O–H groups in total. The highest BCUT2D eigenvalue weighted by Gasteiger charge is 2.54. The lowest BCUT2D eigenvalue weighted by molar-refractivity contribution is -0.193. The summed E-state index contributed by atoms with van der Waals surface area (Å²) < 4.78 is 106. The van der Waals surface area contributed by atoms with Gasteiger partial charge in [0.1, 0.15) is 0 Å². The quantitative estimate of drug-likeness (QED) is 0.221. The third-order valence-electron chi connectivity index (χ3n) is 5.25. The van der Waals surface area contributed by atoms with E-state index in [9.17, 15) is 53.9 Å². The number of ketones is 2.